The van der Waals surface area contributed by atoms with E-state index in [2.05, 4.69) is 34.9 Å². The van der Waals surface area contributed by atoms with Crippen molar-refractivity contribution in [2.45, 2.75) is 25.3 Å². The third-order valence-electron chi connectivity index (χ3n) is 3.27. The topological polar surface area (TPSA) is 50.4 Å². The van der Waals surface area contributed by atoms with Crippen LogP contribution in [0.25, 0.3) is 0 Å². The van der Waals surface area contributed by atoms with Crippen LogP contribution in [0.3, 0.4) is 0 Å². The molecule has 0 aliphatic heterocycles. The van der Waals surface area contributed by atoms with Gasteiger partial charge in [-0.15, -0.1) is 0 Å². The van der Waals surface area contributed by atoms with Crippen LogP contribution in [0.1, 0.15) is 29.9 Å². The predicted molar refractivity (Wildman–Crippen MR) is 75.0 cm³/mol. The molecular formula is C15H22N2O2. The molecule has 1 aliphatic carbocycles. The second-order valence-electron chi connectivity index (χ2n) is 4.96. The molecule has 104 valence electrons. The Morgan fingerprint density at radius 1 is 1.32 bits per heavy atom. The lowest BCUT2D eigenvalue weighted by atomic mass is 10.1. The van der Waals surface area contributed by atoms with E-state index in [9.17, 15) is 4.79 Å². The van der Waals surface area contributed by atoms with Crippen molar-refractivity contribution in [3.8, 4) is 0 Å². The lowest BCUT2D eigenvalue weighted by Crippen LogP contribution is -2.35. The molecule has 0 saturated heterocycles. The fourth-order valence-electron chi connectivity index (χ4n) is 2.00. The van der Waals surface area contributed by atoms with Gasteiger partial charge < -0.3 is 15.4 Å². The smallest absolute Gasteiger partial charge is 0.234 e. The number of hydrogen-bond donors (Lipinski definition) is 2. The van der Waals surface area contributed by atoms with Crippen molar-refractivity contribution in [2.75, 3.05) is 26.8 Å². The second kappa shape index (κ2) is 7.26. The Balaban J connectivity index is 1.63. The number of nitrogens with one attached hydrogen (secondary N) is 2. The fourth-order valence-corrected chi connectivity index (χ4v) is 2.00. The van der Waals surface area contributed by atoms with Gasteiger partial charge in [-0.3, -0.25) is 4.79 Å². The van der Waals surface area contributed by atoms with E-state index >= 15 is 0 Å². The molecule has 0 atom stereocenters. The van der Waals surface area contributed by atoms with Gasteiger partial charge in [0.25, 0.3) is 0 Å². The molecule has 0 aromatic heterocycles. The average molecular weight is 262 g/mol. The zero-order valence-electron chi connectivity index (χ0n) is 11.4. The summed E-state index contributed by atoms with van der Waals surface area (Å²) < 4.78 is 4.87. The van der Waals surface area contributed by atoms with Gasteiger partial charge in [-0.2, -0.15) is 0 Å². The van der Waals surface area contributed by atoms with Crippen LogP contribution in [0.15, 0.2) is 24.3 Å². The molecule has 4 heteroatoms. The van der Waals surface area contributed by atoms with Gasteiger partial charge in [0.2, 0.25) is 5.91 Å². The molecule has 0 heterocycles. The Morgan fingerprint density at radius 3 is 2.68 bits per heavy atom. The fraction of sp³-hybridized carbons (Fsp3) is 0.533. The monoisotopic (exact) mass is 262 g/mol. The predicted octanol–water partition coefficient (Wildman–Crippen LogP) is 1.42. The van der Waals surface area contributed by atoms with Crippen molar-refractivity contribution in [1.82, 2.24) is 10.6 Å². The summed E-state index contributed by atoms with van der Waals surface area (Å²) in [6.07, 6.45) is 2.67. The summed E-state index contributed by atoms with van der Waals surface area (Å²) in [5.41, 5.74) is 2.66. The molecule has 0 unspecified atom stereocenters. The van der Waals surface area contributed by atoms with Crippen LogP contribution in [-0.4, -0.2) is 32.7 Å². The standard InChI is InChI=1S/C15H22N2O2/c1-19-9-8-17-15(18)11-16-10-12-2-4-13(5-3-12)14-6-7-14/h2-5,14,16H,6-11H2,1H3,(H,17,18). The van der Waals surface area contributed by atoms with E-state index in [-0.39, 0.29) is 5.91 Å². The zero-order valence-corrected chi connectivity index (χ0v) is 11.4. The number of methoxy groups -OCH3 is 1. The Kier molecular flexibility index (Phi) is 5.36. The number of hydrogen-bond acceptors (Lipinski definition) is 3. The maximum Gasteiger partial charge on any atom is 0.234 e. The van der Waals surface area contributed by atoms with Gasteiger partial charge >= 0.3 is 0 Å². The van der Waals surface area contributed by atoms with Crippen LogP contribution < -0.4 is 10.6 Å². The lowest BCUT2D eigenvalue weighted by Gasteiger charge is -2.07. The van der Waals surface area contributed by atoms with E-state index in [1.165, 1.54) is 24.0 Å². The van der Waals surface area contributed by atoms with Crippen LogP contribution in [0.5, 0.6) is 0 Å². The molecule has 1 aromatic rings. The highest BCUT2D eigenvalue weighted by Crippen LogP contribution is 2.39. The maximum absolute atomic E-state index is 11.4. The molecule has 1 amide bonds. The quantitative estimate of drug-likeness (QED) is 0.697. The molecule has 0 spiro atoms. The number of ether oxygens (including phenoxy) is 1. The highest BCUT2D eigenvalue weighted by atomic mass is 16.5. The van der Waals surface area contributed by atoms with Gasteiger partial charge in [-0.05, 0) is 29.9 Å². The van der Waals surface area contributed by atoms with E-state index in [0.29, 0.717) is 19.7 Å². The normalized spacial score (nSPS) is 14.4. The molecule has 0 radical (unpaired) electrons. The van der Waals surface area contributed by atoms with E-state index in [1.807, 2.05) is 0 Å². The number of amides is 1. The van der Waals surface area contributed by atoms with Crippen molar-refractivity contribution in [3.63, 3.8) is 0 Å². The van der Waals surface area contributed by atoms with Gasteiger partial charge in [0, 0.05) is 20.2 Å². The summed E-state index contributed by atoms with van der Waals surface area (Å²) in [5.74, 6) is 0.806. The Bertz CT molecular complexity index is 399. The summed E-state index contributed by atoms with van der Waals surface area (Å²) in [6.45, 7) is 2.18. The average Bonchev–Trinajstić information content (AvgIpc) is 3.24. The van der Waals surface area contributed by atoms with Gasteiger partial charge in [-0.25, -0.2) is 0 Å². The molecule has 2 rings (SSSR count). The molecule has 19 heavy (non-hydrogen) atoms. The molecule has 0 bridgehead atoms. The van der Waals surface area contributed by atoms with Crippen LogP contribution in [0, 0.1) is 0 Å². The molecule has 1 fully saturated rings. The first-order valence-corrected chi connectivity index (χ1v) is 6.85. The van der Waals surface area contributed by atoms with Crippen LogP contribution in [-0.2, 0) is 16.1 Å². The third kappa shape index (κ3) is 5.01. The van der Waals surface area contributed by atoms with Crippen LogP contribution in [0.2, 0.25) is 0 Å². The minimum Gasteiger partial charge on any atom is -0.383 e. The first kappa shape index (κ1) is 14.0. The van der Waals surface area contributed by atoms with Gasteiger partial charge in [0.15, 0.2) is 0 Å². The van der Waals surface area contributed by atoms with Crippen molar-refractivity contribution in [1.29, 1.82) is 0 Å². The van der Waals surface area contributed by atoms with Crippen LogP contribution in [0.4, 0.5) is 0 Å². The van der Waals surface area contributed by atoms with Crippen LogP contribution >= 0.6 is 0 Å². The van der Waals surface area contributed by atoms with Crippen molar-refractivity contribution in [3.05, 3.63) is 35.4 Å². The number of benzene rings is 1. The highest BCUT2D eigenvalue weighted by Gasteiger charge is 2.22. The zero-order chi connectivity index (χ0) is 13.5. The summed E-state index contributed by atoms with van der Waals surface area (Å²) in [6, 6.07) is 8.69. The minimum absolute atomic E-state index is 0.00616. The van der Waals surface area contributed by atoms with Crippen molar-refractivity contribution in [2.24, 2.45) is 0 Å². The first-order valence-electron chi connectivity index (χ1n) is 6.85. The van der Waals surface area contributed by atoms with Gasteiger partial charge in [0.1, 0.15) is 0 Å². The Labute approximate surface area is 114 Å². The largest absolute Gasteiger partial charge is 0.383 e. The molecule has 4 nitrogen and oxygen atoms in total. The highest BCUT2D eigenvalue weighted by molar-refractivity contribution is 5.77. The molecular weight excluding hydrogens is 240 g/mol. The summed E-state index contributed by atoms with van der Waals surface area (Å²) in [5, 5.41) is 5.92. The molecule has 1 aromatic carbocycles. The number of carbonyl (C=O) groups is 1. The summed E-state index contributed by atoms with van der Waals surface area (Å²) in [7, 11) is 1.62. The van der Waals surface area contributed by atoms with E-state index in [0.717, 1.165) is 12.5 Å². The lowest BCUT2D eigenvalue weighted by molar-refractivity contribution is -0.120. The number of carbonyl (C=O) groups excluding carboxylic acids is 1. The Morgan fingerprint density at radius 2 is 2.05 bits per heavy atom. The Hall–Kier alpha value is -1.39. The van der Waals surface area contributed by atoms with Crippen molar-refractivity contribution < 1.29 is 9.53 Å². The SMILES string of the molecule is COCCNC(=O)CNCc1ccc(C2CC2)cc1. The van der Waals surface area contributed by atoms with E-state index < -0.39 is 0 Å². The molecule has 1 aliphatic rings. The molecule has 2 N–H and O–H groups in total. The van der Waals surface area contributed by atoms with Gasteiger partial charge in [0.05, 0.1) is 13.2 Å². The maximum atomic E-state index is 11.4. The third-order valence-corrected chi connectivity index (χ3v) is 3.27. The van der Waals surface area contributed by atoms with E-state index in [1.54, 1.807) is 7.11 Å². The minimum atomic E-state index is 0.00616. The van der Waals surface area contributed by atoms with Gasteiger partial charge in [-0.1, -0.05) is 24.3 Å². The van der Waals surface area contributed by atoms with E-state index in [4.69, 9.17) is 4.74 Å². The first-order chi connectivity index (χ1) is 9.29. The summed E-state index contributed by atoms with van der Waals surface area (Å²) >= 11 is 0. The summed E-state index contributed by atoms with van der Waals surface area (Å²) in [4.78, 5) is 11.4. The van der Waals surface area contributed by atoms with Crippen molar-refractivity contribution >= 4 is 5.91 Å². The molecule has 1 saturated carbocycles. The second-order valence-corrected chi connectivity index (χ2v) is 4.96. The number of rotatable bonds is 8.